The predicted molar refractivity (Wildman–Crippen MR) is 92.9 cm³/mol. The number of hydrogen-bond donors (Lipinski definition) is 1. The lowest BCUT2D eigenvalue weighted by atomic mass is 9.76. The normalized spacial score (nSPS) is 24.6. The first-order valence-corrected chi connectivity index (χ1v) is 9.33. The summed E-state index contributed by atoms with van der Waals surface area (Å²) >= 11 is 0. The highest BCUT2D eigenvalue weighted by molar-refractivity contribution is 5.71. The molecule has 0 bridgehead atoms. The lowest BCUT2D eigenvalue weighted by molar-refractivity contribution is -0.341. The Labute approximate surface area is 158 Å². The van der Waals surface area contributed by atoms with Crippen molar-refractivity contribution in [1.82, 2.24) is 0 Å². The molecular weight excluding hydrogens is 368 g/mol. The zero-order chi connectivity index (χ0) is 21.3. The fourth-order valence-corrected chi connectivity index (χ4v) is 3.58. The first-order valence-electron chi connectivity index (χ1n) is 9.33. The van der Waals surface area contributed by atoms with E-state index in [0.29, 0.717) is 25.7 Å². The van der Waals surface area contributed by atoms with Gasteiger partial charge >= 0.3 is 12.1 Å². The van der Waals surface area contributed by atoms with Crippen LogP contribution in [0.25, 0.3) is 0 Å². The number of alkyl halides is 4. The predicted octanol–water partition coefficient (Wildman–Crippen LogP) is 4.58. The van der Waals surface area contributed by atoms with Gasteiger partial charge in [-0.2, -0.15) is 13.2 Å². The van der Waals surface area contributed by atoms with Gasteiger partial charge in [-0.05, 0) is 59.3 Å². The molecule has 0 heterocycles. The molecule has 1 atom stereocenters. The number of esters is 1. The van der Waals surface area contributed by atoms with Crippen molar-refractivity contribution in [3.05, 3.63) is 0 Å². The number of halogens is 4. The maximum Gasteiger partial charge on any atom is 0.422 e. The molecule has 0 aromatic rings. The molecule has 1 N–H and O–H groups in total. The molecule has 0 saturated heterocycles. The highest BCUT2D eigenvalue weighted by Gasteiger charge is 2.65. The number of aliphatic hydroxyl groups is 1. The molecule has 1 unspecified atom stereocenters. The van der Waals surface area contributed by atoms with Gasteiger partial charge in [0, 0.05) is 0 Å². The third-order valence-electron chi connectivity index (χ3n) is 5.59. The Hall–Kier alpha value is -0.890. The van der Waals surface area contributed by atoms with Gasteiger partial charge in [0.15, 0.2) is 0 Å². The molecule has 1 aliphatic carbocycles. The number of ether oxygens (including phenoxy) is 2. The Morgan fingerprint density at radius 2 is 1.56 bits per heavy atom. The van der Waals surface area contributed by atoms with Crippen LogP contribution in [0.3, 0.4) is 0 Å². The number of carbonyl (C=O) groups is 1. The smallest absolute Gasteiger partial charge is 0.422 e. The van der Waals surface area contributed by atoms with Crippen LogP contribution in [0.1, 0.15) is 67.2 Å². The van der Waals surface area contributed by atoms with Crippen molar-refractivity contribution in [3.8, 4) is 0 Å². The van der Waals surface area contributed by atoms with Crippen LogP contribution in [-0.4, -0.2) is 46.8 Å². The molecule has 0 aromatic carbocycles. The molecule has 8 heteroatoms. The molecule has 1 saturated carbocycles. The molecule has 160 valence electrons. The summed E-state index contributed by atoms with van der Waals surface area (Å²) in [5.41, 5.74) is -6.79. The van der Waals surface area contributed by atoms with Crippen LogP contribution in [0.2, 0.25) is 0 Å². The lowest BCUT2D eigenvalue weighted by Crippen LogP contribution is -2.65. The summed E-state index contributed by atoms with van der Waals surface area (Å²) in [5, 5.41) is 9.96. The van der Waals surface area contributed by atoms with Crippen molar-refractivity contribution in [2.45, 2.75) is 96.3 Å². The summed E-state index contributed by atoms with van der Waals surface area (Å²) in [4.78, 5) is 11.7. The van der Waals surface area contributed by atoms with Crippen LogP contribution >= 0.6 is 0 Å². The largest absolute Gasteiger partial charge is 0.462 e. The molecule has 4 nitrogen and oxygen atoms in total. The minimum atomic E-state index is -5.16. The average molecular weight is 400 g/mol. The fraction of sp³-hybridized carbons (Fsp3) is 0.947. The van der Waals surface area contributed by atoms with Crippen LogP contribution in [0, 0.1) is 11.8 Å². The van der Waals surface area contributed by atoms with E-state index in [1.807, 2.05) is 0 Å². The topological polar surface area (TPSA) is 55.8 Å². The molecule has 0 aromatic heterocycles. The van der Waals surface area contributed by atoms with Gasteiger partial charge in [-0.3, -0.25) is 4.79 Å². The Morgan fingerprint density at radius 3 is 1.93 bits per heavy atom. The summed E-state index contributed by atoms with van der Waals surface area (Å²) < 4.78 is 64.0. The zero-order valence-electron chi connectivity index (χ0n) is 17.0. The van der Waals surface area contributed by atoms with Gasteiger partial charge in [0.05, 0.1) is 11.5 Å². The summed E-state index contributed by atoms with van der Waals surface area (Å²) in [7, 11) is 0. The van der Waals surface area contributed by atoms with Crippen LogP contribution in [0.5, 0.6) is 0 Å². The van der Waals surface area contributed by atoms with Gasteiger partial charge < -0.3 is 14.6 Å². The van der Waals surface area contributed by atoms with Gasteiger partial charge in [0.25, 0.3) is 0 Å². The van der Waals surface area contributed by atoms with Gasteiger partial charge in [0.2, 0.25) is 5.60 Å². The van der Waals surface area contributed by atoms with Crippen molar-refractivity contribution in [2.75, 3.05) is 6.67 Å². The monoisotopic (exact) mass is 400 g/mol. The zero-order valence-corrected chi connectivity index (χ0v) is 17.0. The van der Waals surface area contributed by atoms with Crippen LogP contribution in [0.4, 0.5) is 17.6 Å². The maximum atomic E-state index is 13.2. The molecule has 0 radical (unpaired) electrons. The molecular formula is C19H32F4O4. The van der Waals surface area contributed by atoms with Gasteiger partial charge in [-0.1, -0.05) is 13.8 Å². The Morgan fingerprint density at radius 1 is 1.07 bits per heavy atom. The third kappa shape index (κ3) is 5.34. The second kappa shape index (κ2) is 8.23. The van der Waals surface area contributed by atoms with Gasteiger partial charge in [0.1, 0.15) is 18.4 Å². The Bertz CT molecular complexity index is 508. The van der Waals surface area contributed by atoms with Gasteiger partial charge in [-0.15, -0.1) is 0 Å². The summed E-state index contributed by atoms with van der Waals surface area (Å²) in [6.45, 7) is 6.91. The van der Waals surface area contributed by atoms with Crippen LogP contribution < -0.4 is 0 Å². The minimum absolute atomic E-state index is 0.108. The molecule has 1 aliphatic rings. The maximum absolute atomic E-state index is 13.2. The van der Waals surface area contributed by atoms with E-state index in [-0.39, 0.29) is 23.9 Å². The van der Waals surface area contributed by atoms with Gasteiger partial charge in [-0.25, -0.2) is 4.39 Å². The van der Waals surface area contributed by atoms with E-state index in [1.165, 1.54) is 0 Å². The first-order chi connectivity index (χ1) is 12.1. The summed E-state index contributed by atoms with van der Waals surface area (Å²) in [6.07, 6.45) is -3.01. The highest BCUT2D eigenvalue weighted by Crippen LogP contribution is 2.45. The van der Waals surface area contributed by atoms with Crippen molar-refractivity contribution >= 4 is 5.97 Å². The Kier molecular flexibility index (Phi) is 7.36. The van der Waals surface area contributed by atoms with Crippen LogP contribution in [0.15, 0.2) is 0 Å². The molecule has 0 spiro atoms. The number of rotatable bonds is 7. The van der Waals surface area contributed by atoms with E-state index in [1.54, 1.807) is 27.7 Å². The van der Waals surface area contributed by atoms with Crippen molar-refractivity contribution < 1.29 is 36.9 Å². The van der Waals surface area contributed by atoms with Crippen molar-refractivity contribution in [2.24, 2.45) is 11.8 Å². The molecule has 1 rings (SSSR count). The standard InChI is InChI=1S/C19H32F4O4/c1-12(2)15(24)26-14-9-7-13(8-10-14)16(3,4)27-17(5,6)18(25,11-20)19(21,22)23/h12-14,25H,7-11H2,1-6H3. The average Bonchev–Trinajstić information content (AvgIpc) is 2.52. The third-order valence-corrected chi connectivity index (χ3v) is 5.59. The van der Waals surface area contributed by atoms with E-state index >= 15 is 0 Å². The van der Waals surface area contributed by atoms with E-state index in [2.05, 4.69) is 0 Å². The van der Waals surface area contributed by atoms with E-state index in [4.69, 9.17) is 9.47 Å². The van der Waals surface area contributed by atoms with Crippen molar-refractivity contribution in [3.63, 3.8) is 0 Å². The second-order valence-electron chi connectivity index (χ2n) is 8.77. The van der Waals surface area contributed by atoms with E-state index in [9.17, 15) is 27.5 Å². The molecule has 1 fully saturated rings. The van der Waals surface area contributed by atoms with Crippen molar-refractivity contribution in [1.29, 1.82) is 0 Å². The Balaban J connectivity index is 2.80. The summed E-state index contributed by atoms with van der Waals surface area (Å²) in [6, 6.07) is 0. The van der Waals surface area contributed by atoms with E-state index < -0.39 is 29.7 Å². The quantitative estimate of drug-likeness (QED) is 0.502. The van der Waals surface area contributed by atoms with E-state index in [0.717, 1.165) is 13.8 Å². The minimum Gasteiger partial charge on any atom is -0.462 e. The fourth-order valence-electron chi connectivity index (χ4n) is 3.58. The molecule has 0 aliphatic heterocycles. The molecule has 0 amide bonds. The second-order valence-corrected chi connectivity index (χ2v) is 8.77. The summed E-state index contributed by atoms with van der Waals surface area (Å²) in [5.74, 6) is -0.597. The SMILES string of the molecule is CC(C)C(=O)OC1CCC(C(C)(C)OC(C)(C)C(O)(CF)C(F)(F)F)CC1. The number of hydrogen-bond acceptors (Lipinski definition) is 4. The lowest BCUT2D eigenvalue weighted by Gasteiger charge is -2.48. The highest BCUT2D eigenvalue weighted by atomic mass is 19.4. The molecule has 27 heavy (non-hydrogen) atoms. The number of carbonyl (C=O) groups excluding carboxylic acids is 1. The van der Waals surface area contributed by atoms with Crippen LogP contribution in [-0.2, 0) is 14.3 Å². The first kappa shape index (κ1) is 24.1.